The molecule has 1 aromatic carbocycles. The molecule has 2 aromatic rings. The van der Waals surface area contributed by atoms with E-state index in [0.29, 0.717) is 25.3 Å². The Morgan fingerprint density at radius 2 is 2.12 bits per heavy atom. The molecule has 134 valence electrons. The number of likely N-dealkylation sites (tertiary alicyclic amines) is 1. The number of piperidine rings is 1. The molecule has 3 rings (SSSR count). The van der Waals surface area contributed by atoms with Crippen LogP contribution in [0, 0.1) is 0 Å². The number of aliphatic hydroxyl groups is 1. The number of β-amino-alcohol motifs (C(OH)–C–C–N with tert-alkyl or cyclic N) is 1. The molecule has 5 nitrogen and oxygen atoms in total. The van der Waals surface area contributed by atoms with Crippen LogP contribution in [0.3, 0.4) is 0 Å². The van der Waals surface area contributed by atoms with Crippen molar-refractivity contribution in [3.63, 3.8) is 0 Å². The molecule has 25 heavy (non-hydrogen) atoms. The summed E-state index contributed by atoms with van der Waals surface area (Å²) in [6, 6.07) is 10.1. The maximum absolute atomic E-state index is 12.8. The summed E-state index contributed by atoms with van der Waals surface area (Å²) in [5.74, 6) is -0.0764. The Hall–Kier alpha value is -1.76. The van der Waals surface area contributed by atoms with Crippen molar-refractivity contribution in [1.82, 2.24) is 14.8 Å². The van der Waals surface area contributed by atoms with Crippen LogP contribution < -0.4 is 0 Å². The van der Waals surface area contributed by atoms with E-state index in [9.17, 15) is 9.90 Å². The fourth-order valence-corrected chi connectivity index (χ4v) is 4.23. The minimum Gasteiger partial charge on any atom is -0.387 e. The quantitative estimate of drug-likeness (QED) is 0.890. The van der Waals surface area contributed by atoms with Crippen LogP contribution in [0.5, 0.6) is 0 Å². The van der Waals surface area contributed by atoms with Gasteiger partial charge < -0.3 is 14.9 Å². The average Bonchev–Trinajstić information content (AvgIpc) is 3.02. The van der Waals surface area contributed by atoms with Crippen molar-refractivity contribution >= 4 is 17.2 Å². The van der Waals surface area contributed by atoms with Gasteiger partial charge in [-0.25, -0.2) is 4.98 Å². The van der Waals surface area contributed by atoms with Crippen molar-refractivity contribution in [1.29, 1.82) is 0 Å². The minimum absolute atomic E-state index is 0.0764. The predicted molar refractivity (Wildman–Crippen MR) is 100 cm³/mol. The first-order chi connectivity index (χ1) is 12.0. The van der Waals surface area contributed by atoms with Gasteiger partial charge in [0.2, 0.25) is 0 Å². The van der Waals surface area contributed by atoms with Gasteiger partial charge in [-0.05, 0) is 32.5 Å². The van der Waals surface area contributed by atoms with Gasteiger partial charge in [-0.1, -0.05) is 30.3 Å². The zero-order valence-corrected chi connectivity index (χ0v) is 15.6. The number of nitrogens with zero attached hydrogens (tertiary/aromatic N) is 3. The molecular weight excluding hydrogens is 334 g/mol. The molecule has 0 radical (unpaired) electrons. The molecule has 0 aliphatic carbocycles. The first-order valence-electron chi connectivity index (χ1n) is 8.60. The molecule has 0 bridgehead atoms. The van der Waals surface area contributed by atoms with E-state index < -0.39 is 5.60 Å². The lowest BCUT2D eigenvalue weighted by molar-refractivity contribution is -0.0392. The summed E-state index contributed by atoms with van der Waals surface area (Å²) < 4.78 is 0. The Labute approximate surface area is 152 Å². The van der Waals surface area contributed by atoms with Gasteiger partial charge in [0.25, 0.3) is 5.91 Å². The first kappa shape index (κ1) is 18.0. The molecule has 6 heteroatoms. The predicted octanol–water partition coefficient (Wildman–Crippen LogP) is 2.26. The van der Waals surface area contributed by atoms with E-state index in [0.717, 1.165) is 24.3 Å². The minimum atomic E-state index is -0.833. The molecule has 1 atom stereocenters. The van der Waals surface area contributed by atoms with E-state index >= 15 is 0 Å². The molecule has 1 N–H and O–H groups in total. The number of hydrogen-bond donors (Lipinski definition) is 1. The van der Waals surface area contributed by atoms with Crippen molar-refractivity contribution in [3.8, 4) is 0 Å². The smallest absolute Gasteiger partial charge is 0.273 e. The van der Waals surface area contributed by atoms with Gasteiger partial charge in [0.05, 0.1) is 17.2 Å². The Balaban J connectivity index is 1.67. The fourth-order valence-electron chi connectivity index (χ4n) is 3.43. The van der Waals surface area contributed by atoms with Gasteiger partial charge in [-0.2, -0.15) is 0 Å². The van der Waals surface area contributed by atoms with Gasteiger partial charge >= 0.3 is 0 Å². The standard InChI is InChI=1S/C19H25N3O2S/c1-21(2)13-19(24)9-6-10-22(14-19)18(23)16-12-25-17(20-16)11-15-7-4-3-5-8-15/h3-5,7-8,12,24H,6,9-11,13-14H2,1-2H3/t19-/m0/s1. The Bertz CT molecular complexity index is 716. The number of likely N-dealkylation sites (N-methyl/N-ethyl adjacent to an activating group) is 1. The molecule has 1 saturated heterocycles. The van der Waals surface area contributed by atoms with Crippen LogP contribution in [0.2, 0.25) is 0 Å². The number of amides is 1. The van der Waals surface area contributed by atoms with Crippen molar-refractivity contribution < 1.29 is 9.90 Å². The SMILES string of the molecule is CN(C)C[C@@]1(O)CCCN(C(=O)c2csc(Cc3ccccc3)n2)C1. The molecular formula is C19H25N3O2S. The topological polar surface area (TPSA) is 56.7 Å². The van der Waals surface area contributed by atoms with Crippen LogP contribution in [0.25, 0.3) is 0 Å². The lowest BCUT2D eigenvalue weighted by Gasteiger charge is -2.40. The van der Waals surface area contributed by atoms with Crippen molar-refractivity contribution in [3.05, 3.63) is 52.0 Å². The summed E-state index contributed by atoms with van der Waals surface area (Å²) in [6.45, 7) is 1.61. The summed E-state index contributed by atoms with van der Waals surface area (Å²) in [4.78, 5) is 21.0. The highest BCUT2D eigenvalue weighted by Crippen LogP contribution is 2.24. The third-order valence-electron chi connectivity index (χ3n) is 4.42. The Kier molecular flexibility index (Phi) is 5.51. The molecule has 0 unspecified atom stereocenters. The number of aromatic nitrogens is 1. The van der Waals surface area contributed by atoms with Crippen LogP contribution in [-0.2, 0) is 6.42 Å². The van der Waals surface area contributed by atoms with E-state index in [1.165, 1.54) is 16.9 Å². The highest BCUT2D eigenvalue weighted by atomic mass is 32.1. The van der Waals surface area contributed by atoms with Crippen LogP contribution >= 0.6 is 11.3 Å². The van der Waals surface area contributed by atoms with Crippen molar-refractivity contribution in [2.45, 2.75) is 24.9 Å². The van der Waals surface area contributed by atoms with Crippen LogP contribution in [0.4, 0.5) is 0 Å². The Morgan fingerprint density at radius 1 is 1.36 bits per heavy atom. The number of carbonyl (C=O) groups excluding carboxylic acids is 1. The van der Waals surface area contributed by atoms with Crippen molar-refractivity contribution in [2.75, 3.05) is 33.7 Å². The first-order valence-corrected chi connectivity index (χ1v) is 9.48. The summed E-state index contributed by atoms with van der Waals surface area (Å²) in [7, 11) is 3.88. The summed E-state index contributed by atoms with van der Waals surface area (Å²) in [6.07, 6.45) is 2.28. The number of benzene rings is 1. The van der Waals surface area contributed by atoms with Crippen LogP contribution in [-0.4, -0.2) is 65.1 Å². The highest BCUT2D eigenvalue weighted by molar-refractivity contribution is 7.09. The normalized spacial score (nSPS) is 20.9. The number of hydrogen-bond acceptors (Lipinski definition) is 5. The average molecular weight is 359 g/mol. The summed E-state index contributed by atoms with van der Waals surface area (Å²) in [5, 5.41) is 13.5. The number of carbonyl (C=O) groups is 1. The van der Waals surface area contributed by atoms with Gasteiger partial charge in [-0.15, -0.1) is 11.3 Å². The van der Waals surface area contributed by atoms with E-state index in [2.05, 4.69) is 17.1 Å². The zero-order valence-electron chi connectivity index (χ0n) is 14.8. The summed E-state index contributed by atoms with van der Waals surface area (Å²) >= 11 is 1.52. The van der Waals surface area contributed by atoms with Gasteiger partial charge in [0.1, 0.15) is 5.69 Å². The van der Waals surface area contributed by atoms with Gasteiger partial charge in [0.15, 0.2) is 0 Å². The highest BCUT2D eigenvalue weighted by Gasteiger charge is 2.36. The molecule has 1 amide bonds. The monoisotopic (exact) mass is 359 g/mol. The molecule has 1 aliphatic heterocycles. The van der Waals surface area contributed by atoms with Crippen LogP contribution in [0.1, 0.15) is 33.9 Å². The largest absolute Gasteiger partial charge is 0.387 e. The fraction of sp³-hybridized carbons (Fsp3) is 0.474. The number of thiazole rings is 1. The van der Waals surface area contributed by atoms with Gasteiger partial charge in [0, 0.05) is 24.9 Å². The third kappa shape index (κ3) is 4.66. The second-order valence-corrected chi connectivity index (χ2v) is 8.02. The lowest BCUT2D eigenvalue weighted by atomic mass is 9.92. The van der Waals surface area contributed by atoms with Crippen molar-refractivity contribution in [2.24, 2.45) is 0 Å². The molecule has 1 fully saturated rings. The van der Waals surface area contributed by atoms with Gasteiger partial charge in [-0.3, -0.25) is 4.79 Å². The molecule has 0 saturated carbocycles. The maximum atomic E-state index is 12.8. The molecule has 2 heterocycles. The second-order valence-electron chi connectivity index (χ2n) is 7.08. The van der Waals surface area contributed by atoms with E-state index in [-0.39, 0.29) is 5.91 Å². The van der Waals surface area contributed by atoms with Crippen LogP contribution in [0.15, 0.2) is 35.7 Å². The number of rotatable bonds is 5. The van der Waals surface area contributed by atoms with E-state index in [1.54, 1.807) is 4.90 Å². The summed E-state index contributed by atoms with van der Waals surface area (Å²) in [5.41, 5.74) is 0.847. The van der Waals surface area contributed by atoms with E-state index in [4.69, 9.17) is 0 Å². The van der Waals surface area contributed by atoms with E-state index in [1.807, 2.05) is 42.6 Å². The Morgan fingerprint density at radius 3 is 2.84 bits per heavy atom. The third-order valence-corrected chi connectivity index (χ3v) is 5.27. The second kappa shape index (κ2) is 7.64. The maximum Gasteiger partial charge on any atom is 0.273 e. The molecule has 1 aliphatic rings. The zero-order chi connectivity index (χ0) is 17.9. The molecule has 1 aromatic heterocycles. The lowest BCUT2D eigenvalue weighted by Crippen LogP contribution is -2.54. The molecule has 0 spiro atoms.